The third-order valence-electron chi connectivity index (χ3n) is 7.21. The van der Waals surface area contributed by atoms with Crippen LogP contribution in [0.15, 0.2) is 30.3 Å². The van der Waals surface area contributed by atoms with Crippen LogP contribution in [0.5, 0.6) is 0 Å². The topological polar surface area (TPSA) is 47.0 Å². The Hall–Kier alpha value is -1.43. The molecule has 3 aliphatic heterocycles. The number of aliphatic hydroxyl groups excluding tert-OH is 1. The fourth-order valence-electron chi connectivity index (χ4n) is 5.32. The summed E-state index contributed by atoms with van der Waals surface area (Å²) in [4.78, 5) is 20.2. The Morgan fingerprint density at radius 3 is 2.38 bits per heavy atom. The van der Waals surface area contributed by atoms with E-state index in [0.29, 0.717) is 11.9 Å². The average Bonchev–Trinajstić information content (AvgIpc) is 2.79. The molecule has 1 aromatic carbocycles. The van der Waals surface area contributed by atoms with Gasteiger partial charge in [-0.05, 0) is 70.1 Å². The van der Waals surface area contributed by atoms with Gasteiger partial charge in [-0.15, -0.1) is 0 Å². The molecule has 1 atom stereocenters. The van der Waals surface area contributed by atoms with Crippen LogP contribution in [-0.4, -0.2) is 83.7 Å². The highest BCUT2D eigenvalue weighted by Crippen LogP contribution is 2.26. The maximum absolute atomic E-state index is 13.0. The van der Waals surface area contributed by atoms with Gasteiger partial charge < -0.3 is 14.9 Å². The van der Waals surface area contributed by atoms with E-state index in [1.54, 1.807) is 0 Å². The van der Waals surface area contributed by atoms with E-state index in [-0.39, 0.29) is 12.0 Å². The monoisotopic (exact) mass is 399 g/mol. The quantitative estimate of drug-likeness (QED) is 0.826. The zero-order chi connectivity index (χ0) is 20.1. The maximum Gasteiger partial charge on any atom is 0.226 e. The lowest BCUT2D eigenvalue weighted by atomic mass is 9.92. The van der Waals surface area contributed by atoms with Crippen LogP contribution in [0, 0.1) is 5.92 Å². The van der Waals surface area contributed by atoms with Crippen LogP contribution in [0.25, 0.3) is 0 Å². The standard InChI is InChI=1S/C24H37N3O2/c28-23-11-17-26(18-12-23)24(29)21-7-4-13-27(19-21)22-9-15-25(16-10-22)14-8-20-5-2-1-3-6-20/h1-3,5-6,21-23,28H,4,7-19H2/t21-/m1/s1. The van der Waals surface area contributed by atoms with E-state index in [9.17, 15) is 9.90 Å². The molecule has 4 rings (SSSR count). The molecule has 0 bridgehead atoms. The predicted molar refractivity (Wildman–Crippen MR) is 116 cm³/mol. The van der Waals surface area contributed by atoms with E-state index in [1.807, 2.05) is 4.90 Å². The summed E-state index contributed by atoms with van der Waals surface area (Å²) in [6.07, 6.45) is 7.03. The molecule has 0 radical (unpaired) electrons. The first-order valence-electron chi connectivity index (χ1n) is 11.7. The summed E-state index contributed by atoms with van der Waals surface area (Å²) in [5.74, 6) is 0.497. The third-order valence-corrected chi connectivity index (χ3v) is 7.21. The Morgan fingerprint density at radius 1 is 0.931 bits per heavy atom. The number of carbonyl (C=O) groups is 1. The molecule has 0 unspecified atom stereocenters. The zero-order valence-electron chi connectivity index (χ0n) is 17.7. The first kappa shape index (κ1) is 20.8. The predicted octanol–water partition coefficient (Wildman–Crippen LogP) is 2.39. The van der Waals surface area contributed by atoms with Gasteiger partial charge in [0.15, 0.2) is 0 Å². The fourth-order valence-corrected chi connectivity index (χ4v) is 5.32. The van der Waals surface area contributed by atoms with Crippen LogP contribution in [0.1, 0.15) is 44.1 Å². The molecule has 0 aliphatic carbocycles. The van der Waals surface area contributed by atoms with Gasteiger partial charge in [0.1, 0.15) is 0 Å². The number of nitrogens with zero attached hydrogens (tertiary/aromatic N) is 3. The highest BCUT2D eigenvalue weighted by atomic mass is 16.3. The number of benzene rings is 1. The van der Waals surface area contributed by atoms with Crippen molar-refractivity contribution in [3.63, 3.8) is 0 Å². The molecule has 3 heterocycles. The number of rotatable bonds is 5. The van der Waals surface area contributed by atoms with E-state index in [4.69, 9.17) is 0 Å². The molecule has 0 aromatic heterocycles. The molecule has 1 N–H and O–H groups in total. The molecule has 0 saturated carbocycles. The van der Waals surface area contributed by atoms with Crippen LogP contribution in [0.2, 0.25) is 0 Å². The summed E-state index contributed by atoms with van der Waals surface area (Å²) in [5.41, 5.74) is 1.43. The van der Waals surface area contributed by atoms with E-state index < -0.39 is 0 Å². The molecule has 3 saturated heterocycles. The van der Waals surface area contributed by atoms with Gasteiger partial charge in [-0.25, -0.2) is 0 Å². The van der Waals surface area contributed by atoms with Gasteiger partial charge in [0.2, 0.25) is 5.91 Å². The van der Waals surface area contributed by atoms with Gasteiger partial charge in [0.05, 0.1) is 12.0 Å². The SMILES string of the molecule is O=C([C@@H]1CCCN(C2CCN(CCc3ccccc3)CC2)C1)N1CCC(O)CC1. The van der Waals surface area contributed by atoms with Crippen LogP contribution in [0.3, 0.4) is 0 Å². The minimum Gasteiger partial charge on any atom is -0.393 e. The van der Waals surface area contributed by atoms with Crippen molar-refractivity contribution >= 4 is 5.91 Å². The normalized spacial score (nSPS) is 26.0. The minimum absolute atomic E-state index is 0.162. The minimum atomic E-state index is -0.214. The average molecular weight is 400 g/mol. The van der Waals surface area contributed by atoms with Gasteiger partial charge in [0, 0.05) is 32.2 Å². The van der Waals surface area contributed by atoms with Crippen molar-refractivity contribution in [3.05, 3.63) is 35.9 Å². The molecule has 160 valence electrons. The highest BCUT2D eigenvalue weighted by Gasteiger charge is 2.34. The number of hydrogen-bond donors (Lipinski definition) is 1. The van der Waals surface area contributed by atoms with Crippen LogP contribution < -0.4 is 0 Å². The number of hydrogen-bond acceptors (Lipinski definition) is 4. The lowest BCUT2D eigenvalue weighted by Gasteiger charge is -2.43. The van der Waals surface area contributed by atoms with Crippen molar-refractivity contribution in [1.82, 2.24) is 14.7 Å². The Labute approximate surface area is 175 Å². The maximum atomic E-state index is 13.0. The zero-order valence-corrected chi connectivity index (χ0v) is 17.7. The van der Waals surface area contributed by atoms with Crippen LogP contribution >= 0.6 is 0 Å². The van der Waals surface area contributed by atoms with E-state index in [2.05, 4.69) is 40.1 Å². The molecule has 5 heteroatoms. The highest BCUT2D eigenvalue weighted by molar-refractivity contribution is 5.79. The number of aliphatic hydroxyl groups is 1. The smallest absolute Gasteiger partial charge is 0.226 e. The van der Waals surface area contributed by atoms with Crippen LogP contribution in [0.4, 0.5) is 0 Å². The molecule has 3 aliphatic rings. The van der Waals surface area contributed by atoms with E-state index in [1.165, 1.54) is 31.5 Å². The Balaban J connectivity index is 1.22. The first-order valence-corrected chi connectivity index (χ1v) is 11.7. The third kappa shape index (κ3) is 5.59. The first-order chi connectivity index (χ1) is 14.2. The largest absolute Gasteiger partial charge is 0.393 e. The van der Waals surface area contributed by atoms with Crippen molar-refractivity contribution in [3.8, 4) is 0 Å². The number of piperidine rings is 3. The molecule has 3 fully saturated rings. The molecule has 5 nitrogen and oxygen atoms in total. The van der Waals surface area contributed by atoms with Gasteiger partial charge >= 0.3 is 0 Å². The summed E-state index contributed by atoms with van der Waals surface area (Å²) >= 11 is 0. The van der Waals surface area contributed by atoms with Crippen molar-refractivity contribution in [2.75, 3.05) is 45.8 Å². The second-order valence-corrected chi connectivity index (χ2v) is 9.20. The summed E-state index contributed by atoms with van der Waals surface area (Å²) in [7, 11) is 0. The van der Waals surface area contributed by atoms with E-state index in [0.717, 1.165) is 64.8 Å². The Kier molecular flexibility index (Phi) is 7.22. The Morgan fingerprint density at radius 2 is 1.66 bits per heavy atom. The molecular weight excluding hydrogens is 362 g/mol. The molecule has 1 aromatic rings. The van der Waals surface area contributed by atoms with Crippen LogP contribution in [-0.2, 0) is 11.2 Å². The van der Waals surface area contributed by atoms with Crippen molar-refractivity contribution in [2.24, 2.45) is 5.92 Å². The second-order valence-electron chi connectivity index (χ2n) is 9.20. The van der Waals surface area contributed by atoms with Crippen molar-refractivity contribution in [2.45, 2.75) is 57.1 Å². The summed E-state index contributed by atoms with van der Waals surface area (Å²) in [6.45, 7) is 7.06. The van der Waals surface area contributed by atoms with Crippen molar-refractivity contribution in [1.29, 1.82) is 0 Å². The second kappa shape index (κ2) is 10.1. The van der Waals surface area contributed by atoms with Gasteiger partial charge in [-0.3, -0.25) is 9.69 Å². The van der Waals surface area contributed by atoms with Gasteiger partial charge in [-0.1, -0.05) is 30.3 Å². The van der Waals surface area contributed by atoms with Gasteiger partial charge in [-0.2, -0.15) is 0 Å². The fraction of sp³-hybridized carbons (Fsp3) is 0.708. The summed E-state index contributed by atoms with van der Waals surface area (Å²) in [5, 5.41) is 9.71. The molecule has 29 heavy (non-hydrogen) atoms. The van der Waals surface area contributed by atoms with E-state index >= 15 is 0 Å². The summed E-state index contributed by atoms with van der Waals surface area (Å²) < 4.78 is 0. The molecule has 1 amide bonds. The summed E-state index contributed by atoms with van der Waals surface area (Å²) in [6, 6.07) is 11.4. The van der Waals surface area contributed by atoms with Gasteiger partial charge in [0.25, 0.3) is 0 Å². The number of likely N-dealkylation sites (tertiary alicyclic amines) is 3. The molecule has 0 spiro atoms. The van der Waals surface area contributed by atoms with Crippen molar-refractivity contribution < 1.29 is 9.90 Å². The lowest BCUT2D eigenvalue weighted by Crippen LogP contribution is -2.52. The number of amides is 1. The number of carbonyl (C=O) groups excluding carboxylic acids is 1. The molecular formula is C24H37N3O2. The lowest BCUT2D eigenvalue weighted by molar-refractivity contribution is -0.139. The Bertz CT molecular complexity index is 637.